The highest BCUT2D eigenvalue weighted by Gasteiger charge is 2.52. The molecule has 1 saturated heterocycles. The number of carbonyl (C=O) groups excluding carboxylic acids is 2. The first-order chi connectivity index (χ1) is 12.8. The van der Waals surface area contributed by atoms with Crippen molar-refractivity contribution in [1.82, 2.24) is 10.2 Å². The van der Waals surface area contributed by atoms with Crippen LogP contribution in [0, 0.1) is 0 Å². The van der Waals surface area contributed by atoms with Crippen molar-refractivity contribution >= 4 is 11.9 Å². The molecule has 3 rings (SSSR count). The topological polar surface area (TPSA) is 49.4 Å². The number of carbonyl (C=O) groups is 2. The fourth-order valence-electron chi connectivity index (χ4n) is 3.48. The number of benzene rings is 2. The van der Waals surface area contributed by atoms with Crippen LogP contribution < -0.4 is 5.32 Å². The van der Waals surface area contributed by atoms with Crippen LogP contribution >= 0.6 is 0 Å². The van der Waals surface area contributed by atoms with Crippen molar-refractivity contribution in [2.45, 2.75) is 38.0 Å². The van der Waals surface area contributed by atoms with Crippen molar-refractivity contribution in [3.05, 3.63) is 71.3 Å². The summed E-state index contributed by atoms with van der Waals surface area (Å²) in [6, 6.07) is 13.1. The first-order valence-corrected chi connectivity index (χ1v) is 8.64. The van der Waals surface area contributed by atoms with Gasteiger partial charge in [-0.15, -0.1) is 0 Å². The molecular weight excluding hydrogens is 357 g/mol. The lowest BCUT2D eigenvalue weighted by Gasteiger charge is -2.27. The van der Waals surface area contributed by atoms with Gasteiger partial charge in [-0.2, -0.15) is 13.2 Å². The fraction of sp³-hybridized carbons (Fsp3) is 0.300. The van der Waals surface area contributed by atoms with Gasteiger partial charge in [-0.05, 0) is 23.6 Å². The summed E-state index contributed by atoms with van der Waals surface area (Å²) < 4.78 is 39.8. The number of alkyl halides is 3. The third-order valence-electron chi connectivity index (χ3n) is 4.72. The summed E-state index contributed by atoms with van der Waals surface area (Å²) in [5.74, 6) is -0.530. The molecule has 7 heteroatoms. The van der Waals surface area contributed by atoms with E-state index in [4.69, 9.17) is 0 Å². The molecule has 0 unspecified atom stereocenters. The Labute approximate surface area is 155 Å². The van der Waals surface area contributed by atoms with Crippen LogP contribution in [0.4, 0.5) is 18.0 Å². The number of hydrogen-bond acceptors (Lipinski definition) is 2. The molecule has 4 nitrogen and oxygen atoms in total. The van der Waals surface area contributed by atoms with Crippen molar-refractivity contribution < 1.29 is 22.8 Å². The molecule has 0 bridgehead atoms. The summed E-state index contributed by atoms with van der Waals surface area (Å²) in [6.07, 6.45) is -3.58. The summed E-state index contributed by atoms with van der Waals surface area (Å²) >= 11 is 0. The van der Waals surface area contributed by atoms with E-state index in [0.29, 0.717) is 18.4 Å². The highest BCUT2D eigenvalue weighted by atomic mass is 19.4. The monoisotopic (exact) mass is 376 g/mol. The van der Waals surface area contributed by atoms with Gasteiger partial charge in [0.15, 0.2) is 0 Å². The number of urea groups is 1. The Balaban J connectivity index is 1.98. The van der Waals surface area contributed by atoms with Crippen molar-refractivity contribution in [3.63, 3.8) is 0 Å². The van der Waals surface area contributed by atoms with Crippen LogP contribution in [0.15, 0.2) is 54.6 Å². The second-order valence-corrected chi connectivity index (χ2v) is 6.50. The van der Waals surface area contributed by atoms with Gasteiger partial charge in [0.25, 0.3) is 5.91 Å². The van der Waals surface area contributed by atoms with Gasteiger partial charge in [0, 0.05) is 0 Å². The average molecular weight is 376 g/mol. The van der Waals surface area contributed by atoms with Crippen LogP contribution in [0.5, 0.6) is 0 Å². The van der Waals surface area contributed by atoms with Crippen molar-refractivity contribution in [3.8, 4) is 0 Å². The maximum absolute atomic E-state index is 13.3. The summed E-state index contributed by atoms with van der Waals surface area (Å²) in [5.41, 5.74) is -1.59. The molecule has 1 aliphatic rings. The van der Waals surface area contributed by atoms with Crippen LogP contribution in [-0.2, 0) is 23.1 Å². The van der Waals surface area contributed by atoms with Gasteiger partial charge in [0.1, 0.15) is 5.54 Å². The first kappa shape index (κ1) is 18.9. The van der Waals surface area contributed by atoms with E-state index < -0.39 is 35.8 Å². The van der Waals surface area contributed by atoms with E-state index in [-0.39, 0.29) is 5.56 Å². The molecule has 1 fully saturated rings. The molecule has 0 aliphatic carbocycles. The lowest BCUT2D eigenvalue weighted by molar-refractivity contribution is -0.139. The summed E-state index contributed by atoms with van der Waals surface area (Å²) in [6.45, 7) is 1.45. The van der Waals surface area contributed by atoms with Crippen LogP contribution in [0.1, 0.15) is 36.5 Å². The zero-order chi connectivity index (χ0) is 19.7. The lowest BCUT2D eigenvalue weighted by Crippen LogP contribution is -2.43. The Hall–Kier alpha value is -2.83. The molecule has 2 aromatic rings. The normalized spacial score (nSPS) is 20.1. The van der Waals surface area contributed by atoms with E-state index in [1.807, 2.05) is 6.92 Å². The molecule has 1 N–H and O–H groups in total. The van der Waals surface area contributed by atoms with Gasteiger partial charge in [-0.1, -0.05) is 61.9 Å². The third-order valence-corrected chi connectivity index (χ3v) is 4.72. The maximum atomic E-state index is 13.3. The minimum Gasteiger partial charge on any atom is -0.319 e. The number of nitrogens with one attached hydrogen (secondary N) is 1. The predicted molar refractivity (Wildman–Crippen MR) is 93.6 cm³/mol. The minimum absolute atomic E-state index is 0.117. The van der Waals surface area contributed by atoms with Gasteiger partial charge in [-0.3, -0.25) is 9.69 Å². The number of nitrogens with zero attached hydrogens (tertiary/aromatic N) is 1. The Bertz CT molecular complexity index is 852. The molecule has 27 heavy (non-hydrogen) atoms. The van der Waals surface area contributed by atoms with Crippen molar-refractivity contribution in [2.75, 3.05) is 0 Å². The highest BCUT2D eigenvalue weighted by molar-refractivity contribution is 6.07. The van der Waals surface area contributed by atoms with Gasteiger partial charge in [0.2, 0.25) is 0 Å². The highest BCUT2D eigenvalue weighted by Crippen LogP contribution is 2.36. The van der Waals surface area contributed by atoms with Gasteiger partial charge < -0.3 is 5.32 Å². The number of hydrogen-bond donors (Lipinski definition) is 1. The van der Waals surface area contributed by atoms with E-state index in [1.165, 1.54) is 18.2 Å². The molecule has 1 aliphatic heterocycles. The van der Waals surface area contributed by atoms with Crippen molar-refractivity contribution in [2.24, 2.45) is 0 Å². The minimum atomic E-state index is -4.56. The average Bonchev–Trinajstić information content (AvgIpc) is 2.87. The van der Waals surface area contributed by atoms with Crippen LogP contribution in [-0.4, -0.2) is 16.8 Å². The largest absolute Gasteiger partial charge is 0.416 e. The first-order valence-electron chi connectivity index (χ1n) is 8.64. The molecule has 1 heterocycles. The van der Waals surface area contributed by atoms with Crippen LogP contribution in [0.3, 0.4) is 0 Å². The zero-order valence-electron chi connectivity index (χ0n) is 14.7. The molecule has 3 amide bonds. The fourth-order valence-corrected chi connectivity index (χ4v) is 3.48. The zero-order valence-corrected chi connectivity index (χ0v) is 14.7. The second-order valence-electron chi connectivity index (χ2n) is 6.50. The smallest absolute Gasteiger partial charge is 0.319 e. The van der Waals surface area contributed by atoms with Crippen LogP contribution in [0.25, 0.3) is 0 Å². The van der Waals surface area contributed by atoms with E-state index in [9.17, 15) is 22.8 Å². The molecule has 142 valence electrons. The molecule has 2 aromatic carbocycles. The molecule has 0 saturated carbocycles. The van der Waals surface area contributed by atoms with Gasteiger partial charge in [-0.25, -0.2) is 4.79 Å². The Morgan fingerprint density at radius 2 is 1.63 bits per heavy atom. The number of halogens is 3. The summed E-state index contributed by atoms with van der Waals surface area (Å²) in [7, 11) is 0. The molecule has 0 spiro atoms. The third kappa shape index (κ3) is 3.41. The van der Waals surface area contributed by atoms with Crippen LogP contribution in [0.2, 0.25) is 0 Å². The molecule has 0 radical (unpaired) electrons. The quantitative estimate of drug-likeness (QED) is 0.784. The van der Waals surface area contributed by atoms with E-state index in [0.717, 1.165) is 11.0 Å². The summed E-state index contributed by atoms with van der Waals surface area (Å²) in [4.78, 5) is 26.5. The predicted octanol–water partition coefficient (Wildman–Crippen LogP) is 4.45. The molecule has 0 aromatic heterocycles. The van der Waals surface area contributed by atoms with Crippen molar-refractivity contribution in [1.29, 1.82) is 0 Å². The van der Waals surface area contributed by atoms with E-state index >= 15 is 0 Å². The van der Waals surface area contributed by atoms with E-state index in [2.05, 4.69) is 5.32 Å². The summed E-state index contributed by atoms with van der Waals surface area (Å²) in [5, 5.41) is 2.72. The number of rotatable bonds is 5. The lowest BCUT2D eigenvalue weighted by atomic mass is 9.85. The second kappa shape index (κ2) is 7.06. The maximum Gasteiger partial charge on any atom is 0.416 e. The molecular formula is C20H19F3N2O2. The van der Waals surface area contributed by atoms with Gasteiger partial charge >= 0.3 is 12.2 Å². The Morgan fingerprint density at radius 3 is 2.26 bits per heavy atom. The number of amides is 3. The Morgan fingerprint density at radius 1 is 1.00 bits per heavy atom. The molecule has 1 atom stereocenters. The Kier molecular flexibility index (Phi) is 4.95. The van der Waals surface area contributed by atoms with Gasteiger partial charge in [0.05, 0.1) is 12.1 Å². The van der Waals surface area contributed by atoms with E-state index in [1.54, 1.807) is 30.3 Å². The standard InChI is InChI=1S/C20H19F3N2O2/c1-2-12-19(15-9-4-3-5-10-15)17(26)25(18(27)24-19)13-14-8-6-7-11-16(14)20(21,22)23/h3-11H,2,12-13H2,1H3,(H,24,27)/t19-/m1/s1. The number of imide groups is 1. The SMILES string of the molecule is CCC[C@]1(c2ccccc2)NC(=O)N(Cc2ccccc2C(F)(F)F)C1=O.